The Balaban J connectivity index is 1.73. The summed E-state index contributed by atoms with van der Waals surface area (Å²) in [6.45, 7) is 0. The first-order chi connectivity index (χ1) is 11.4. The normalized spacial score (nSPS) is 11.5. The number of rotatable bonds is 1. The molecule has 0 radical (unpaired) electrons. The Morgan fingerprint density at radius 3 is 2.61 bits per heavy atom. The first kappa shape index (κ1) is 12.7. The van der Waals surface area contributed by atoms with Gasteiger partial charge in [0.05, 0.1) is 5.69 Å². The zero-order valence-electron chi connectivity index (χ0n) is 12.1. The molecule has 0 atom stereocenters. The topological polar surface area (TPSA) is 38.7 Å². The van der Waals surface area contributed by atoms with Crippen molar-refractivity contribution in [2.75, 3.05) is 0 Å². The van der Waals surface area contributed by atoms with Crippen LogP contribution in [0.2, 0.25) is 0 Å². The van der Waals surface area contributed by atoms with E-state index in [-0.39, 0.29) is 0 Å². The van der Waals surface area contributed by atoms with Crippen molar-refractivity contribution < 1.29 is 0 Å². The lowest BCUT2D eigenvalue weighted by atomic mass is 10.1. The van der Waals surface area contributed by atoms with Crippen molar-refractivity contribution in [3.05, 3.63) is 67.0 Å². The summed E-state index contributed by atoms with van der Waals surface area (Å²) in [7, 11) is 0. The molecular formula is C19H11N3S. The van der Waals surface area contributed by atoms with E-state index in [0.29, 0.717) is 5.65 Å². The fourth-order valence-corrected chi connectivity index (χ4v) is 4.05. The predicted octanol–water partition coefficient (Wildman–Crippen LogP) is 5.06. The van der Waals surface area contributed by atoms with Crippen molar-refractivity contribution in [1.82, 2.24) is 15.0 Å². The Morgan fingerprint density at radius 1 is 0.739 bits per heavy atom. The molecule has 0 saturated heterocycles. The van der Waals surface area contributed by atoms with Crippen LogP contribution >= 0.6 is 11.3 Å². The molecule has 0 aliphatic rings. The van der Waals surface area contributed by atoms with Crippen molar-refractivity contribution in [2.45, 2.75) is 0 Å². The summed E-state index contributed by atoms with van der Waals surface area (Å²) in [5.74, 6) is 0. The molecular weight excluding hydrogens is 302 g/mol. The van der Waals surface area contributed by atoms with E-state index < -0.39 is 0 Å². The van der Waals surface area contributed by atoms with Crippen LogP contribution in [0.4, 0.5) is 0 Å². The molecule has 0 saturated carbocycles. The molecule has 3 aromatic heterocycles. The monoisotopic (exact) mass is 313 g/mol. The van der Waals surface area contributed by atoms with Gasteiger partial charge in [0.1, 0.15) is 5.52 Å². The van der Waals surface area contributed by atoms with E-state index >= 15 is 0 Å². The second kappa shape index (κ2) is 4.83. The maximum atomic E-state index is 4.64. The zero-order chi connectivity index (χ0) is 15.2. The summed E-state index contributed by atoms with van der Waals surface area (Å²) < 4.78 is 2.60. The summed E-state index contributed by atoms with van der Waals surface area (Å²) in [6, 6.07) is 19.0. The van der Waals surface area contributed by atoms with Crippen LogP contribution in [0.5, 0.6) is 0 Å². The summed E-state index contributed by atoms with van der Waals surface area (Å²) >= 11 is 1.82. The minimum atomic E-state index is 0.682. The van der Waals surface area contributed by atoms with Gasteiger partial charge in [0, 0.05) is 38.1 Å². The Kier molecular flexibility index (Phi) is 2.66. The SMILES string of the molecule is c1ccc2c(c1)sc1cc(-c3ccc4nccnc4n3)ccc12. The number of hydrogen-bond donors (Lipinski definition) is 0. The minimum absolute atomic E-state index is 0.682. The number of fused-ring (bicyclic) bond motifs is 4. The van der Waals surface area contributed by atoms with Crippen LogP contribution in [0.25, 0.3) is 42.6 Å². The number of thiophene rings is 1. The number of aromatic nitrogens is 3. The molecule has 3 heterocycles. The Hall–Kier alpha value is -2.85. The molecule has 2 aromatic carbocycles. The second-order valence-electron chi connectivity index (χ2n) is 5.40. The summed E-state index contributed by atoms with van der Waals surface area (Å²) in [5.41, 5.74) is 3.54. The summed E-state index contributed by atoms with van der Waals surface area (Å²) in [4.78, 5) is 13.2. The molecule has 23 heavy (non-hydrogen) atoms. The van der Waals surface area contributed by atoms with Crippen molar-refractivity contribution in [3.8, 4) is 11.3 Å². The number of pyridine rings is 1. The molecule has 0 unspecified atom stereocenters. The van der Waals surface area contributed by atoms with E-state index in [9.17, 15) is 0 Å². The fraction of sp³-hybridized carbons (Fsp3) is 0. The largest absolute Gasteiger partial charge is 0.251 e. The van der Waals surface area contributed by atoms with Crippen LogP contribution in [0.1, 0.15) is 0 Å². The van der Waals surface area contributed by atoms with Gasteiger partial charge < -0.3 is 0 Å². The molecule has 0 spiro atoms. The average molecular weight is 313 g/mol. The standard InChI is InChI=1S/C19H11N3S/c1-2-4-17-13(3-1)14-6-5-12(11-18(14)23-17)15-7-8-16-19(22-15)21-10-9-20-16/h1-11H. The van der Waals surface area contributed by atoms with Crippen molar-refractivity contribution in [1.29, 1.82) is 0 Å². The molecule has 5 aromatic rings. The molecule has 108 valence electrons. The maximum Gasteiger partial charge on any atom is 0.178 e. The van der Waals surface area contributed by atoms with Gasteiger partial charge in [-0.25, -0.2) is 9.97 Å². The molecule has 5 rings (SSSR count). The molecule has 0 fully saturated rings. The van der Waals surface area contributed by atoms with Gasteiger partial charge in [0.25, 0.3) is 0 Å². The fourth-order valence-electron chi connectivity index (χ4n) is 2.90. The number of hydrogen-bond acceptors (Lipinski definition) is 4. The van der Waals surface area contributed by atoms with E-state index in [4.69, 9.17) is 0 Å². The van der Waals surface area contributed by atoms with Crippen LogP contribution in [0.15, 0.2) is 67.0 Å². The highest BCUT2D eigenvalue weighted by molar-refractivity contribution is 7.25. The van der Waals surface area contributed by atoms with Gasteiger partial charge in [0.2, 0.25) is 0 Å². The first-order valence-electron chi connectivity index (χ1n) is 7.38. The van der Waals surface area contributed by atoms with Crippen molar-refractivity contribution in [3.63, 3.8) is 0 Å². The van der Waals surface area contributed by atoms with E-state index in [1.54, 1.807) is 12.4 Å². The molecule has 0 bridgehead atoms. The van der Waals surface area contributed by atoms with E-state index in [0.717, 1.165) is 16.8 Å². The summed E-state index contributed by atoms with van der Waals surface area (Å²) in [5, 5.41) is 2.62. The molecule has 4 heteroatoms. The average Bonchev–Trinajstić information content (AvgIpc) is 2.99. The molecule has 0 amide bonds. The van der Waals surface area contributed by atoms with Crippen molar-refractivity contribution in [2.24, 2.45) is 0 Å². The van der Waals surface area contributed by atoms with Crippen LogP contribution in [-0.4, -0.2) is 15.0 Å². The highest BCUT2D eigenvalue weighted by atomic mass is 32.1. The lowest BCUT2D eigenvalue weighted by Gasteiger charge is -2.02. The lowest BCUT2D eigenvalue weighted by Crippen LogP contribution is -1.89. The van der Waals surface area contributed by atoms with Gasteiger partial charge in [-0.1, -0.05) is 30.3 Å². The van der Waals surface area contributed by atoms with Gasteiger partial charge in [-0.05, 0) is 24.3 Å². The van der Waals surface area contributed by atoms with Crippen LogP contribution < -0.4 is 0 Å². The van der Waals surface area contributed by atoms with Gasteiger partial charge in [-0.3, -0.25) is 4.98 Å². The van der Waals surface area contributed by atoms with E-state index in [1.165, 1.54) is 20.2 Å². The highest BCUT2D eigenvalue weighted by Gasteiger charge is 2.08. The van der Waals surface area contributed by atoms with Gasteiger partial charge >= 0.3 is 0 Å². The second-order valence-corrected chi connectivity index (χ2v) is 6.49. The highest BCUT2D eigenvalue weighted by Crippen LogP contribution is 2.35. The maximum absolute atomic E-state index is 4.64. The van der Waals surface area contributed by atoms with Gasteiger partial charge in [0.15, 0.2) is 5.65 Å². The molecule has 3 nitrogen and oxygen atoms in total. The quantitative estimate of drug-likeness (QED) is 0.434. The molecule has 0 aliphatic heterocycles. The number of nitrogens with zero attached hydrogens (tertiary/aromatic N) is 3. The third-order valence-electron chi connectivity index (χ3n) is 4.01. The molecule has 0 aliphatic carbocycles. The zero-order valence-corrected chi connectivity index (χ0v) is 12.9. The minimum Gasteiger partial charge on any atom is -0.251 e. The molecule has 0 N–H and O–H groups in total. The lowest BCUT2D eigenvalue weighted by molar-refractivity contribution is 1.23. The Bertz CT molecular complexity index is 1180. The van der Waals surface area contributed by atoms with Crippen LogP contribution in [-0.2, 0) is 0 Å². The summed E-state index contributed by atoms with van der Waals surface area (Å²) in [6.07, 6.45) is 3.36. The van der Waals surface area contributed by atoms with Gasteiger partial charge in [-0.2, -0.15) is 0 Å². The van der Waals surface area contributed by atoms with Crippen molar-refractivity contribution >= 4 is 42.7 Å². The smallest absolute Gasteiger partial charge is 0.178 e. The van der Waals surface area contributed by atoms with E-state index in [1.807, 2.05) is 23.5 Å². The van der Waals surface area contributed by atoms with Gasteiger partial charge in [-0.15, -0.1) is 11.3 Å². The number of benzene rings is 2. The first-order valence-corrected chi connectivity index (χ1v) is 8.19. The third-order valence-corrected chi connectivity index (χ3v) is 5.14. The Morgan fingerprint density at radius 2 is 1.61 bits per heavy atom. The van der Waals surface area contributed by atoms with Crippen LogP contribution in [0, 0.1) is 0 Å². The predicted molar refractivity (Wildman–Crippen MR) is 95.7 cm³/mol. The Labute approximate surface area is 136 Å². The van der Waals surface area contributed by atoms with Crippen LogP contribution in [0.3, 0.4) is 0 Å². The van der Waals surface area contributed by atoms with E-state index in [2.05, 4.69) is 57.4 Å². The third kappa shape index (κ3) is 1.99.